The molecule has 0 aliphatic carbocycles. The molecule has 7 heteroatoms. The van der Waals surface area contributed by atoms with Crippen LogP contribution in [0.5, 0.6) is 0 Å². The molecule has 104 valence electrons. The highest BCUT2D eigenvalue weighted by Crippen LogP contribution is 2.34. The van der Waals surface area contributed by atoms with Crippen LogP contribution in [0.2, 0.25) is 0 Å². The van der Waals surface area contributed by atoms with E-state index in [4.69, 9.17) is 9.26 Å². The van der Waals surface area contributed by atoms with Gasteiger partial charge >= 0.3 is 0 Å². The lowest BCUT2D eigenvalue weighted by Gasteiger charge is -1.97. The van der Waals surface area contributed by atoms with Crippen molar-refractivity contribution in [1.82, 2.24) is 19.9 Å². The summed E-state index contributed by atoms with van der Waals surface area (Å²) in [7, 11) is 1.95. The lowest BCUT2D eigenvalue weighted by atomic mass is 10.1. The van der Waals surface area contributed by atoms with Gasteiger partial charge in [0.2, 0.25) is 0 Å². The highest BCUT2D eigenvalue weighted by molar-refractivity contribution is 7.21. The van der Waals surface area contributed by atoms with E-state index in [9.17, 15) is 0 Å². The van der Waals surface area contributed by atoms with Crippen molar-refractivity contribution in [2.24, 2.45) is 7.05 Å². The second kappa shape index (κ2) is 4.39. The third kappa shape index (κ3) is 1.77. The largest absolute Gasteiger partial charge is 0.381 e. The van der Waals surface area contributed by atoms with Gasteiger partial charge in [-0.25, -0.2) is 0 Å². The van der Waals surface area contributed by atoms with Crippen LogP contribution in [-0.2, 0) is 11.8 Å². The summed E-state index contributed by atoms with van der Waals surface area (Å²) in [6.45, 7) is 3.48. The van der Waals surface area contributed by atoms with Gasteiger partial charge in [0.15, 0.2) is 5.82 Å². The fourth-order valence-corrected chi connectivity index (χ4v) is 3.59. The van der Waals surface area contributed by atoms with E-state index in [1.807, 2.05) is 18.7 Å². The Morgan fingerprint density at radius 3 is 3.10 bits per heavy atom. The first-order valence-electron chi connectivity index (χ1n) is 6.57. The summed E-state index contributed by atoms with van der Waals surface area (Å²) in [5.41, 5.74) is 1.02. The van der Waals surface area contributed by atoms with Crippen LogP contribution >= 0.6 is 11.3 Å². The Kier molecular flexibility index (Phi) is 2.64. The average molecular weight is 290 g/mol. The predicted octanol–water partition coefficient (Wildman–Crippen LogP) is 2.50. The number of hydrogen-bond donors (Lipinski definition) is 0. The fourth-order valence-electron chi connectivity index (χ4n) is 2.55. The SMILES string of the molecule is Cc1nn(C)c2sc(-c3nc([C@H]4CCOC4)no3)cc12. The maximum Gasteiger partial charge on any atom is 0.268 e. The molecule has 1 atom stereocenters. The van der Waals surface area contributed by atoms with E-state index in [2.05, 4.69) is 21.3 Å². The van der Waals surface area contributed by atoms with Gasteiger partial charge in [-0.3, -0.25) is 4.68 Å². The smallest absolute Gasteiger partial charge is 0.268 e. The summed E-state index contributed by atoms with van der Waals surface area (Å²) < 4.78 is 12.7. The van der Waals surface area contributed by atoms with Crippen molar-refractivity contribution in [3.63, 3.8) is 0 Å². The van der Waals surface area contributed by atoms with E-state index in [0.29, 0.717) is 12.5 Å². The normalized spacial score (nSPS) is 19.2. The molecule has 20 heavy (non-hydrogen) atoms. The molecule has 6 nitrogen and oxygen atoms in total. The summed E-state index contributed by atoms with van der Waals surface area (Å²) in [5.74, 6) is 1.61. The second-order valence-electron chi connectivity index (χ2n) is 5.06. The fraction of sp³-hybridized carbons (Fsp3) is 0.462. The molecule has 0 spiro atoms. The highest BCUT2D eigenvalue weighted by atomic mass is 32.1. The summed E-state index contributed by atoms with van der Waals surface area (Å²) in [5, 5.41) is 9.64. The minimum absolute atomic E-state index is 0.269. The number of aryl methyl sites for hydroxylation is 2. The highest BCUT2D eigenvalue weighted by Gasteiger charge is 2.24. The second-order valence-corrected chi connectivity index (χ2v) is 6.09. The topological polar surface area (TPSA) is 66.0 Å². The molecule has 0 bridgehead atoms. The third-order valence-corrected chi connectivity index (χ3v) is 4.83. The van der Waals surface area contributed by atoms with E-state index < -0.39 is 0 Å². The Hall–Kier alpha value is -1.73. The zero-order chi connectivity index (χ0) is 13.7. The molecule has 4 heterocycles. The first-order chi connectivity index (χ1) is 9.72. The number of thiophene rings is 1. The molecule has 3 aromatic rings. The van der Waals surface area contributed by atoms with Crippen molar-refractivity contribution in [1.29, 1.82) is 0 Å². The lowest BCUT2D eigenvalue weighted by Crippen LogP contribution is -1.99. The molecule has 1 saturated heterocycles. The van der Waals surface area contributed by atoms with Gasteiger partial charge in [-0.1, -0.05) is 5.16 Å². The molecule has 1 aliphatic rings. The van der Waals surface area contributed by atoms with Gasteiger partial charge in [-0.15, -0.1) is 11.3 Å². The summed E-state index contributed by atoms with van der Waals surface area (Å²) in [6.07, 6.45) is 0.967. The van der Waals surface area contributed by atoms with Crippen LogP contribution in [0.15, 0.2) is 10.6 Å². The van der Waals surface area contributed by atoms with E-state index in [0.717, 1.165) is 39.6 Å². The number of nitrogens with zero attached hydrogens (tertiary/aromatic N) is 4. The van der Waals surface area contributed by atoms with E-state index in [1.165, 1.54) is 0 Å². The Bertz CT molecular complexity index is 732. The zero-order valence-electron chi connectivity index (χ0n) is 11.3. The standard InChI is InChI=1S/C13H14N4O2S/c1-7-9-5-10(20-13(9)17(2)15-7)12-14-11(16-19-12)8-3-4-18-6-8/h5,8H,3-4,6H2,1-2H3/t8-/m0/s1. The molecule has 0 radical (unpaired) electrons. The Labute approximate surface area is 119 Å². The number of aromatic nitrogens is 4. The van der Waals surface area contributed by atoms with E-state index >= 15 is 0 Å². The monoisotopic (exact) mass is 290 g/mol. The summed E-state index contributed by atoms with van der Waals surface area (Å²) in [4.78, 5) is 6.64. The van der Waals surface area contributed by atoms with Gasteiger partial charge < -0.3 is 9.26 Å². The van der Waals surface area contributed by atoms with Crippen LogP contribution in [0.4, 0.5) is 0 Å². The van der Waals surface area contributed by atoms with Crippen molar-refractivity contribution >= 4 is 21.6 Å². The quantitative estimate of drug-likeness (QED) is 0.725. The van der Waals surface area contributed by atoms with Crippen LogP contribution in [0, 0.1) is 6.92 Å². The number of rotatable bonds is 2. The minimum atomic E-state index is 0.269. The van der Waals surface area contributed by atoms with Crippen molar-refractivity contribution < 1.29 is 9.26 Å². The molecule has 4 rings (SSSR count). The average Bonchev–Trinajstić information content (AvgIpc) is 3.17. The van der Waals surface area contributed by atoms with Gasteiger partial charge in [-0.05, 0) is 19.4 Å². The summed E-state index contributed by atoms with van der Waals surface area (Å²) in [6, 6.07) is 2.07. The van der Waals surface area contributed by atoms with Crippen molar-refractivity contribution in [2.75, 3.05) is 13.2 Å². The van der Waals surface area contributed by atoms with Gasteiger partial charge in [0, 0.05) is 25.0 Å². The maximum atomic E-state index is 5.41. The predicted molar refractivity (Wildman–Crippen MR) is 74.8 cm³/mol. The molecule has 1 aliphatic heterocycles. The van der Waals surface area contributed by atoms with Crippen LogP contribution in [0.25, 0.3) is 21.0 Å². The van der Waals surface area contributed by atoms with E-state index in [1.54, 1.807) is 11.3 Å². The molecule has 3 aromatic heterocycles. The summed E-state index contributed by atoms with van der Waals surface area (Å²) >= 11 is 1.63. The van der Waals surface area contributed by atoms with E-state index in [-0.39, 0.29) is 5.92 Å². The third-order valence-electron chi connectivity index (χ3n) is 3.64. The molecular formula is C13H14N4O2S. The maximum absolute atomic E-state index is 5.41. The van der Waals surface area contributed by atoms with Crippen LogP contribution in [0.3, 0.4) is 0 Å². The van der Waals surface area contributed by atoms with Crippen molar-refractivity contribution in [3.05, 3.63) is 17.6 Å². The Morgan fingerprint density at radius 2 is 2.35 bits per heavy atom. The molecular weight excluding hydrogens is 276 g/mol. The molecule has 0 unspecified atom stereocenters. The van der Waals surface area contributed by atoms with Gasteiger partial charge in [0.05, 0.1) is 17.2 Å². The van der Waals surface area contributed by atoms with Crippen LogP contribution < -0.4 is 0 Å². The van der Waals surface area contributed by atoms with Crippen LogP contribution in [-0.4, -0.2) is 33.1 Å². The molecule has 0 amide bonds. The Morgan fingerprint density at radius 1 is 1.45 bits per heavy atom. The molecule has 0 saturated carbocycles. The molecule has 1 fully saturated rings. The first-order valence-corrected chi connectivity index (χ1v) is 7.39. The number of ether oxygens (including phenoxy) is 1. The van der Waals surface area contributed by atoms with Crippen LogP contribution in [0.1, 0.15) is 23.9 Å². The number of hydrogen-bond acceptors (Lipinski definition) is 6. The Balaban J connectivity index is 1.73. The molecule has 0 aromatic carbocycles. The van der Waals surface area contributed by atoms with Gasteiger partial charge in [-0.2, -0.15) is 10.1 Å². The lowest BCUT2D eigenvalue weighted by molar-refractivity contribution is 0.192. The molecule has 0 N–H and O–H groups in total. The van der Waals surface area contributed by atoms with Crippen molar-refractivity contribution in [3.8, 4) is 10.8 Å². The van der Waals surface area contributed by atoms with Gasteiger partial charge in [0.25, 0.3) is 5.89 Å². The van der Waals surface area contributed by atoms with Crippen molar-refractivity contribution in [2.45, 2.75) is 19.3 Å². The van der Waals surface area contributed by atoms with Gasteiger partial charge in [0.1, 0.15) is 4.83 Å². The number of fused-ring (bicyclic) bond motifs is 1. The minimum Gasteiger partial charge on any atom is -0.381 e. The zero-order valence-corrected chi connectivity index (χ0v) is 12.1. The first kappa shape index (κ1) is 12.0.